The molecule has 4 saturated heterocycles. The lowest BCUT2D eigenvalue weighted by molar-refractivity contribution is -0.336. The lowest BCUT2D eigenvalue weighted by Crippen LogP contribution is -2.54. The van der Waals surface area contributed by atoms with Gasteiger partial charge in [0.2, 0.25) is 0 Å². The quantitative estimate of drug-likeness (QED) is 0.393. The average molecular weight is 615 g/mol. The predicted molar refractivity (Wildman–Crippen MR) is 142 cm³/mol. The molecule has 0 spiro atoms. The van der Waals surface area contributed by atoms with E-state index in [9.17, 15) is 16.8 Å². The van der Waals surface area contributed by atoms with Crippen LogP contribution in [0.25, 0.3) is 0 Å². The Balaban J connectivity index is 1.42. The van der Waals surface area contributed by atoms with Gasteiger partial charge in [-0.2, -0.15) is 16.8 Å². The number of hydrogen-bond donors (Lipinski definition) is 0. The van der Waals surface area contributed by atoms with Crippen LogP contribution < -0.4 is 0 Å². The largest absolute Gasteiger partial charge is 0.400 e. The van der Waals surface area contributed by atoms with E-state index < -0.39 is 55.8 Å². The summed E-state index contributed by atoms with van der Waals surface area (Å²) in [7, 11) is -8.32. The van der Waals surface area contributed by atoms with E-state index in [1.807, 2.05) is 27.7 Å². The Kier molecular flexibility index (Phi) is 8.88. The molecule has 14 heteroatoms. The van der Waals surface area contributed by atoms with Crippen LogP contribution in [0.15, 0.2) is 0 Å². The minimum absolute atomic E-state index is 0.0590. The monoisotopic (exact) mass is 614 g/mol. The third kappa shape index (κ3) is 7.37. The summed E-state index contributed by atoms with van der Waals surface area (Å²) in [4.78, 5) is 0. The molecule has 4 fully saturated rings. The fourth-order valence-corrected chi connectivity index (χ4v) is 8.77. The van der Waals surface area contributed by atoms with E-state index in [1.54, 1.807) is 20.8 Å². The molecule has 234 valence electrons. The Hall–Kier alpha value is -0.420. The lowest BCUT2D eigenvalue weighted by atomic mass is 9.82. The van der Waals surface area contributed by atoms with Crippen LogP contribution in [0.4, 0.5) is 0 Å². The van der Waals surface area contributed by atoms with E-state index in [1.165, 1.54) is 0 Å². The van der Waals surface area contributed by atoms with E-state index in [0.29, 0.717) is 25.9 Å². The van der Waals surface area contributed by atoms with Crippen molar-refractivity contribution in [2.75, 3.05) is 6.61 Å². The van der Waals surface area contributed by atoms with Gasteiger partial charge in [0.1, 0.15) is 23.4 Å². The van der Waals surface area contributed by atoms with Crippen molar-refractivity contribution in [1.82, 2.24) is 0 Å². The first kappa shape index (κ1) is 32.5. The number of ether oxygens (including phenoxy) is 4. The SMILES string of the molecule is C[C@@H]([C@H]1OC(C)(C)OC[C@@H]1C)[C@H]1C[C@@H](CC[C@]2(C)OS(=O)(=O)O[C@H]2CC[C@]2(C)OS(=O)(=O)O[C@H]2C)OC(C)(C)O1. The molecule has 0 aromatic carbocycles. The summed E-state index contributed by atoms with van der Waals surface area (Å²) in [6.07, 6.45) is -0.193. The molecule has 0 saturated carbocycles. The minimum atomic E-state index is -4.22. The van der Waals surface area contributed by atoms with Gasteiger partial charge in [-0.15, -0.1) is 0 Å². The normalized spacial score (nSPS) is 44.8. The molecule has 40 heavy (non-hydrogen) atoms. The van der Waals surface area contributed by atoms with Crippen LogP contribution in [-0.4, -0.2) is 76.7 Å². The first-order chi connectivity index (χ1) is 18.1. The average Bonchev–Trinajstić information content (AvgIpc) is 3.16. The highest BCUT2D eigenvalue weighted by molar-refractivity contribution is 7.82. The highest BCUT2D eigenvalue weighted by atomic mass is 32.3. The van der Waals surface area contributed by atoms with Crippen molar-refractivity contribution in [2.45, 2.75) is 148 Å². The maximum Gasteiger partial charge on any atom is 0.400 e. The van der Waals surface area contributed by atoms with E-state index >= 15 is 0 Å². The van der Waals surface area contributed by atoms with Gasteiger partial charge in [0.05, 0.1) is 24.9 Å². The molecule has 0 N–H and O–H groups in total. The highest BCUT2D eigenvalue weighted by Crippen LogP contribution is 2.43. The first-order valence-corrected chi connectivity index (χ1v) is 16.7. The Bertz CT molecular complexity index is 1140. The van der Waals surface area contributed by atoms with Crippen molar-refractivity contribution in [3.05, 3.63) is 0 Å². The molecule has 4 rings (SSSR count). The van der Waals surface area contributed by atoms with Gasteiger partial charge < -0.3 is 18.9 Å². The second kappa shape index (κ2) is 10.9. The zero-order valence-corrected chi connectivity index (χ0v) is 26.6. The number of rotatable bonds is 8. The zero-order valence-electron chi connectivity index (χ0n) is 25.0. The third-order valence-corrected chi connectivity index (χ3v) is 10.8. The Morgan fingerprint density at radius 2 is 1.38 bits per heavy atom. The van der Waals surface area contributed by atoms with Crippen LogP contribution in [0, 0.1) is 11.8 Å². The molecule has 0 bridgehead atoms. The molecule has 0 amide bonds. The lowest BCUT2D eigenvalue weighted by Gasteiger charge is -2.48. The summed E-state index contributed by atoms with van der Waals surface area (Å²) < 4.78 is 93.9. The first-order valence-electron chi connectivity index (χ1n) is 14.1. The van der Waals surface area contributed by atoms with Crippen molar-refractivity contribution >= 4 is 20.8 Å². The van der Waals surface area contributed by atoms with E-state index in [0.717, 1.165) is 0 Å². The smallest absolute Gasteiger partial charge is 0.350 e. The maximum atomic E-state index is 12.4. The molecule has 0 radical (unpaired) electrons. The van der Waals surface area contributed by atoms with Crippen LogP contribution in [0.2, 0.25) is 0 Å². The van der Waals surface area contributed by atoms with Gasteiger partial charge in [-0.3, -0.25) is 0 Å². The fourth-order valence-electron chi connectivity index (χ4n) is 6.21. The molecule has 4 aliphatic rings. The molecule has 0 aromatic heterocycles. The van der Waals surface area contributed by atoms with Crippen molar-refractivity contribution in [3.63, 3.8) is 0 Å². The maximum absolute atomic E-state index is 12.4. The van der Waals surface area contributed by atoms with Crippen LogP contribution in [0.5, 0.6) is 0 Å². The van der Waals surface area contributed by atoms with E-state index in [2.05, 4.69) is 13.8 Å². The van der Waals surface area contributed by atoms with Crippen LogP contribution in [0.1, 0.15) is 94.4 Å². The Morgan fingerprint density at radius 1 is 0.775 bits per heavy atom. The van der Waals surface area contributed by atoms with Crippen LogP contribution in [-0.2, 0) is 56.5 Å². The summed E-state index contributed by atoms with van der Waals surface area (Å²) in [5.41, 5.74) is -2.32. The van der Waals surface area contributed by atoms with Gasteiger partial charge in [0.25, 0.3) is 0 Å². The predicted octanol–water partition coefficient (Wildman–Crippen LogP) is 3.74. The van der Waals surface area contributed by atoms with Gasteiger partial charge in [-0.25, -0.2) is 16.7 Å². The zero-order chi connectivity index (χ0) is 29.9. The minimum Gasteiger partial charge on any atom is -0.350 e. The van der Waals surface area contributed by atoms with Crippen molar-refractivity contribution in [1.29, 1.82) is 0 Å². The second-order valence-corrected chi connectivity index (χ2v) is 15.5. The molecule has 9 atom stereocenters. The molecule has 0 aromatic rings. The van der Waals surface area contributed by atoms with Crippen molar-refractivity contribution < 1.29 is 52.5 Å². The Morgan fingerprint density at radius 3 is 2.00 bits per heavy atom. The van der Waals surface area contributed by atoms with Gasteiger partial charge in [-0.05, 0) is 74.1 Å². The van der Waals surface area contributed by atoms with Crippen LogP contribution in [0.3, 0.4) is 0 Å². The molecule has 12 nitrogen and oxygen atoms in total. The highest BCUT2D eigenvalue weighted by Gasteiger charge is 2.54. The molecule has 0 unspecified atom stereocenters. The van der Waals surface area contributed by atoms with E-state index in [4.69, 9.17) is 35.7 Å². The fraction of sp³-hybridized carbons (Fsp3) is 1.00. The van der Waals surface area contributed by atoms with Gasteiger partial charge in [-0.1, -0.05) is 13.8 Å². The van der Waals surface area contributed by atoms with Gasteiger partial charge >= 0.3 is 20.8 Å². The molecule has 0 aliphatic carbocycles. The van der Waals surface area contributed by atoms with Gasteiger partial charge in [0.15, 0.2) is 11.6 Å². The van der Waals surface area contributed by atoms with Crippen molar-refractivity contribution in [2.24, 2.45) is 11.8 Å². The summed E-state index contributed by atoms with van der Waals surface area (Å²) in [6, 6.07) is 0. The molecular formula is C26H46O12S2. The van der Waals surface area contributed by atoms with E-state index in [-0.39, 0.29) is 43.0 Å². The molecular weight excluding hydrogens is 568 g/mol. The topological polar surface area (TPSA) is 142 Å². The second-order valence-electron chi connectivity index (χ2n) is 13.2. The summed E-state index contributed by atoms with van der Waals surface area (Å²) in [6.45, 7) is 17.3. The van der Waals surface area contributed by atoms with Gasteiger partial charge in [0, 0.05) is 18.3 Å². The summed E-state index contributed by atoms with van der Waals surface area (Å²) >= 11 is 0. The molecule has 4 aliphatic heterocycles. The standard InChI is InChI=1S/C26H46O12S2/c1-16-15-31-23(4,5)34-22(16)17(2)20-14-19(32-24(6,7)33-20)10-12-26(9)21(36-40(29,30)38-26)11-13-25(8)18(3)35-39(27,28)37-25/h16-22H,10-15H2,1-9H3/t16-,17+,18-,19+,20+,21-,22-,25-,26-/m0/s1. The summed E-state index contributed by atoms with van der Waals surface area (Å²) in [5, 5.41) is 0. The van der Waals surface area contributed by atoms with Crippen molar-refractivity contribution in [3.8, 4) is 0 Å². The van der Waals surface area contributed by atoms with Crippen LogP contribution >= 0.6 is 0 Å². The third-order valence-electron chi connectivity index (χ3n) is 8.65. The summed E-state index contributed by atoms with van der Waals surface area (Å²) in [5.74, 6) is -1.26. The number of hydrogen-bond acceptors (Lipinski definition) is 12. The Labute approximate surface area is 239 Å². The molecule has 4 heterocycles.